The number of ether oxygens (including phenoxy) is 1. The minimum absolute atomic E-state index is 0.0204. The Morgan fingerprint density at radius 3 is 2.17 bits per heavy atom. The van der Waals surface area contributed by atoms with Crippen LogP contribution in [0.15, 0.2) is 30.3 Å². The molecular weight excluding hydrogens is 647 g/mol. The van der Waals surface area contributed by atoms with Crippen LogP contribution < -0.4 is 9.80 Å². The summed E-state index contributed by atoms with van der Waals surface area (Å²) in [6, 6.07) is 2.64. The summed E-state index contributed by atoms with van der Waals surface area (Å²) in [4.78, 5) is 16.4. The van der Waals surface area contributed by atoms with E-state index in [1.165, 1.54) is 24.9 Å². The molecule has 0 aliphatic carbocycles. The van der Waals surface area contributed by atoms with Crippen LogP contribution in [-0.2, 0) is 41.7 Å². The highest BCUT2D eigenvalue weighted by Gasteiger charge is 2.39. The summed E-state index contributed by atoms with van der Waals surface area (Å²) < 4.78 is 130. The highest BCUT2D eigenvalue weighted by Crippen LogP contribution is 2.44. The number of fused-ring (bicyclic) bond motifs is 1. The van der Waals surface area contributed by atoms with Crippen LogP contribution in [-0.4, -0.2) is 45.9 Å². The van der Waals surface area contributed by atoms with E-state index < -0.39 is 59.7 Å². The number of carbonyl (C=O) groups is 1. The first kappa shape index (κ1) is 35.8. The van der Waals surface area contributed by atoms with Crippen molar-refractivity contribution < 1.29 is 49.0 Å². The lowest BCUT2D eigenvalue weighted by atomic mass is 9.94. The van der Waals surface area contributed by atoms with Crippen molar-refractivity contribution in [2.45, 2.75) is 71.1 Å². The Hall–Kier alpha value is -4.05. The second-order valence-corrected chi connectivity index (χ2v) is 11.4. The van der Waals surface area contributed by atoms with Crippen molar-refractivity contribution in [3.05, 3.63) is 63.7 Å². The van der Waals surface area contributed by atoms with Gasteiger partial charge in [0, 0.05) is 25.3 Å². The van der Waals surface area contributed by atoms with E-state index in [0.717, 1.165) is 10.9 Å². The molecule has 1 aromatic heterocycles. The maximum Gasteiger partial charge on any atom is 0.416 e. The topological polar surface area (TPSA) is 76.4 Å². The fraction of sp³-hybridized carbons (Fsp3) is 0.533. The van der Waals surface area contributed by atoms with Crippen LogP contribution in [0.2, 0.25) is 0 Å². The zero-order valence-electron chi connectivity index (χ0n) is 25.9. The lowest BCUT2D eigenvalue weighted by Crippen LogP contribution is -2.31. The molecule has 8 nitrogen and oxygen atoms in total. The summed E-state index contributed by atoms with van der Waals surface area (Å²) in [6.45, 7) is 4.59. The largest absolute Gasteiger partial charge is 0.466 e. The predicted octanol–water partition coefficient (Wildman–Crippen LogP) is 7.51. The van der Waals surface area contributed by atoms with Crippen LogP contribution in [0.4, 0.5) is 51.1 Å². The molecule has 0 radical (unpaired) electrons. The third-order valence-corrected chi connectivity index (χ3v) is 7.94. The SMILES string of the molecule is CCOC(=O)[C@@H](C)CCN1CCCC(N(Cc2cc(C(F)(F)F)cc(C(F)(F)F)c2)c2nnn(C)n2)c2cc(C)c(C(F)(F)F)cc21. The molecule has 1 aliphatic heterocycles. The van der Waals surface area contributed by atoms with Crippen LogP contribution in [0.5, 0.6) is 0 Å². The fourth-order valence-corrected chi connectivity index (χ4v) is 5.64. The van der Waals surface area contributed by atoms with Gasteiger partial charge in [-0.2, -0.15) is 44.3 Å². The van der Waals surface area contributed by atoms with Gasteiger partial charge in [-0.15, -0.1) is 5.10 Å². The number of tetrazole rings is 1. The molecular formula is C30H33F9N6O2. The minimum Gasteiger partial charge on any atom is -0.466 e. The lowest BCUT2D eigenvalue weighted by Gasteiger charge is -2.33. The lowest BCUT2D eigenvalue weighted by molar-refractivity contribution is -0.147. The number of halogens is 9. The van der Waals surface area contributed by atoms with E-state index in [4.69, 9.17) is 4.74 Å². The smallest absolute Gasteiger partial charge is 0.416 e. The zero-order chi connectivity index (χ0) is 34.9. The third kappa shape index (κ3) is 8.46. The van der Waals surface area contributed by atoms with Crippen molar-refractivity contribution in [3.63, 3.8) is 0 Å². The molecule has 17 heteroatoms. The van der Waals surface area contributed by atoms with Gasteiger partial charge in [-0.1, -0.05) is 18.1 Å². The standard InChI is InChI=1S/C30H33F9N6O2/c1-5-47-26(46)17(2)8-10-44-9-6-7-24(22-11-18(3)23(15-25(22)44)30(37,38)39)45(27-40-42-43(4)41-27)16-19-12-20(28(31,32)33)14-21(13-19)29(34,35)36/h11-15,17,24H,5-10,16H2,1-4H3/t17-,24?/m0/s1. The summed E-state index contributed by atoms with van der Waals surface area (Å²) in [7, 11) is 1.41. The number of carbonyl (C=O) groups excluding carboxylic acids is 1. The van der Waals surface area contributed by atoms with Crippen LogP contribution in [0.1, 0.15) is 72.5 Å². The van der Waals surface area contributed by atoms with Crippen LogP contribution in [0, 0.1) is 12.8 Å². The highest BCUT2D eigenvalue weighted by atomic mass is 19.4. The van der Waals surface area contributed by atoms with Crippen molar-refractivity contribution in [1.82, 2.24) is 20.2 Å². The molecule has 0 saturated carbocycles. The Balaban J connectivity index is 1.85. The Labute approximate surface area is 264 Å². The van der Waals surface area contributed by atoms with Crippen molar-refractivity contribution in [2.75, 3.05) is 29.5 Å². The second kappa shape index (κ2) is 13.6. The van der Waals surface area contributed by atoms with E-state index >= 15 is 0 Å². The average Bonchev–Trinajstić information content (AvgIpc) is 3.32. The summed E-state index contributed by atoms with van der Waals surface area (Å²) >= 11 is 0. The molecule has 0 N–H and O–H groups in total. The quantitative estimate of drug-likeness (QED) is 0.171. The molecule has 2 heterocycles. The van der Waals surface area contributed by atoms with Gasteiger partial charge < -0.3 is 14.5 Å². The maximum atomic E-state index is 14.1. The molecule has 4 rings (SSSR count). The number of aromatic nitrogens is 4. The Kier molecular flexibility index (Phi) is 10.3. The van der Waals surface area contributed by atoms with Gasteiger partial charge in [0.25, 0.3) is 5.95 Å². The monoisotopic (exact) mass is 680 g/mol. The molecule has 1 aliphatic rings. The number of benzene rings is 2. The number of rotatable bonds is 9. The van der Waals surface area contributed by atoms with E-state index in [2.05, 4.69) is 15.4 Å². The molecule has 0 saturated heterocycles. The zero-order valence-corrected chi connectivity index (χ0v) is 25.9. The van der Waals surface area contributed by atoms with E-state index in [1.54, 1.807) is 18.7 Å². The fourth-order valence-electron chi connectivity index (χ4n) is 5.64. The van der Waals surface area contributed by atoms with Crippen molar-refractivity contribution >= 4 is 17.6 Å². The molecule has 0 amide bonds. The molecule has 258 valence electrons. The maximum absolute atomic E-state index is 14.1. The molecule has 0 bridgehead atoms. The van der Waals surface area contributed by atoms with Crippen molar-refractivity contribution in [2.24, 2.45) is 13.0 Å². The van der Waals surface area contributed by atoms with Crippen LogP contribution >= 0.6 is 0 Å². The number of esters is 1. The number of anilines is 2. The number of alkyl halides is 9. The summed E-state index contributed by atoms with van der Waals surface area (Å²) in [5.74, 6) is -1.16. The number of aryl methyl sites for hydroxylation is 2. The van der Waals surface area contributed by atoms with Gasteiger partial charge >= 0.3 is 24.5 Å². The second-order valence-electron chi connectivity index (χ2n) is 11.4. The van der Waals surface area contributed by atoms with Gasteiger partial charge in [0.1, 0.15) is 0 Å². The molecule has 2 atom stereocenters. The molecule has 3 aromatic rings. The number of hydrogen-bond acceptors (Lipinski definition) is 7. The first-order valence-electron chi connectivity index (χ1n) is 14.7. The van der Waals surface area contributed by atoms with E-state index in [1.807, 2.05) is 0 Å². The molecule has 0 spiro atoms. The van der Waals surface area contributed by atoms with Gasteiger partial charge in [-0.05, 0) is 79.3 Å². The van der Waals surface area contributed by atoms with E-state index in [0.29, 0.717) is 24.1 Å². The minimum atomic E-state index is -5.09. The van der Waals surface area contributed by atoms with Crippen molar-refractivity contribution in [3.8, 4) is 0 Å². The summed E-state index contributed by atoms with van der Waals surface area (Å²) in [5.41, 5.74) is -3.92. The normalized spacial score (nSPS) is 16.4. The van der Waals surface area contributed by atoms with Gasteiger partial charge in [-0.25, -0.2) is 0 Å². The van der Waals surface area contributed by atoms with Crippen LogP contribution in [0.3, 0.4) is 0 Å². The van der Waals surface area contributed by atoms with Crippen molar-refractivity contribution in [1.29, 1.82) is 0 Å². The average molecular weight is 681 g/mol. The van der Waals surface area contributed by atoms with Gasteiger partial charge in [0.05, 0.1) is 42.3 Å². The van der Waals surface area contributed by atoms with Gasteiger partial charge in [0.15, 0.2) is 0 Å². The first-order valence-corrected chi connectivity index (χ1v) is 14.7. The molecule has 1 unspecified atom stereocenters. The summed E-state index contributed by atoms with van der Waals surface area (Å²) in [6.07, 6.45) is -14.1. The highest BCUT2D eigenvalue weighted by molar-refractivity contribution is 5.72. The number of hydrogen-bond donors (Lipinski definition) is 0. The Morgan fingerprint density at radius 2 is 1.64 bits per heavy atom. The van der Waals surface area contributed by atoms with Gasteiger partial charge in [-0.3, -0.25) is 4.79 Å². The van der Waals surface area contributed by atoms with E-state index in [-0.39, 0.29) is 61.4 Å². The number of nitrogens with zero attached hydrogens (tertiary/aromatic N) is 6. The molecule has 2 aromatic carbocycles. The molecule has 0 fully saturated rings. The van der Waals surface area contributed by atoms with Gasteiger partial charge in [0.2, 0.25) is 0 Å². The molecule has 47 heavy (non-hydrogen) atoms. The predicted molar refractivity (Wildman–Crippen MR) is 152 cm³/mol. The van der Waals surface area contributed by atoms with Crippen LogP contribution in [0.25, 0.3) is 0 Å². The third-order valence-electron chi connectivity index (χ3n) is 7.94. The first-order chi connectivity index (χ1) is 21.8. The Morgan fingerprint density at radius 1 is 1.00 bits per heavy atom. The Bertz CT molecular complexity index is 1540. The summed E-state index contributed by atoms with van der Waals surface area (Å²) in [5, 5.41) is 11.9. The van der Waals surface area contributed by atoms with E-state index in [9.17, 15) is 44.3 Å².